The number of anilines is 1. The van der Waals surface area contributed by atoms with Crippen molar-refractivity contribution in [2.75, 3.05) is 19.0 Å². The Morgan fingerprint density at radius 2 is 1.60 bits per heavy atom. The largest absolute Gasteiger partial charge is 0.495 e. The second kappa shape index (κ2) is 11.5. The van der Waals surface area contributed by atoms with E-state index in [1.54, 1.807) is 38.1 Å². The van der Waals surface area contributed by atoms with Gasteiger partial charge in [0.15, 0.2) is 6.61 Å². The number of ether oxygens (including phenoxy) is 3. The molecule has 2 N–H and O–H groups in total. The average molecular weight is 414 g/mol. The van der Waals surface area contributed by atoms with E-state index in [4.69, 9.17) is 14.2 Å². The van der Waals surface area contributed by atoms with Crippen LogP contribution in [-0.2, 0) is 25.7 Å². The van der Waals surface area contributed by atoms with E-state index in [0.29, 0.717) is 11.4 Å². The number of hydrogen-bond acceptors (Lipinski definition) is 6. The summed E-state index contributed by atoms with van der Waals surface area (Å²) in [6.07, 6.45) is -0.743. The number of para-hydroxylation sites is 2. The molecular formula is C22H26N2O6. The van der Waals surface area contributed by atoms with Gasteiger partial charge in [0, 0.05) is 0 Å². The number of hydrogen-bond donors (Lipinski definition) is 2. The quantitative estimate of drug-likeness (QED) is 0.611. The van der Waals surface area contributed by atoms with E-state index >= 15 is 0 Å². The molecule has 0 aromatic heterocycles. The van der Waals surface area contributed by atoms with E-state index in [-0.39, 0.29) is 12.5 Å². The monoisotopic (exact) mass is 414 g/mol. The van der Waals surface area contributed by atoms with Gasteiger partial charge in [-0.25, -0.2) is 9.59 Å². The molecule has 160 valence electrons. The maximum atomic E-state index is 12.4. The molecule has 8 nitrogen and oxygen atoms in total. The number of carbonyl (C=O) groups excluding carboxylic acids is 3. The first kappa shape index (κ1) is 22.7. The van der Waals surface area contributed by atoms with Gasteiger partial charge < -0.3 is 24.8 Å². The topological polar surface area (TPSA) is 103 Å². The number of esters is 1. The van der Waals surface area contributed by atoms with Crippen molar-refractivity contribution in [1.82, 2.24) is 5.32 Å². The highest BCUT2D eigenvalue weighted by atomic mass is 16.6. The second-order valence-corrected chi connectivity index (χ2v) is 6.78. The first-order valence-corrected chi connectivity index (χ1v) is 9.47. The lowest BCUT2D eigenvalue weighted by molar-refractivity contribution is -0.150. The normalized spacial score (nSPS) is 11.3. The number of benzene rings is 2. The third-order valence-electron chi connectivity index (χ3n) is 4.13. The van der Waals surface area contributed by atoms with Gasteiger partial charge in [-0.3, -0.25) is 4.79 Å². The third kappa shape index (κ3) is 7.12. The molecule has 2 rings (SSSR count). The van der Waals surface area contributed by atoms with Crippen LogP contribution in [0.25, 0.3) is 0 Å². The summed E-state index contributed by atoms with van der Waals surface area (Å²) in [6.45, 7) is 3.07. The molecule has 0 aliphatic carbocycles. The van der Waals surface area contributed by atoms with Gasteiger partial charge in [-0.05, 0) is 23.6 Å². The maximum Gasteiger partial charge on any atom is 0.408 e. The molecule has 0 unspecified atom stereocenters. The summed E-state index contributed by atoms with van der Waals surface area (Å²) in [6, 6.07) is 15.1. The van der Waals surface area contributed by atoms with Crippen LogP contribution in [0.1, 0.15) is 19.4 Å². The van der Waals surface area contributed by atoms with Gasteiger partial charge in [0.1, 0.15) is 18.4 Å². The van der Waals surface area contributed by atoms with E-state index in [0.717, 1.165) is 5.56 Å². The molecule has 0 aliphatic rings. The Morgan fingerprint density at radius 3 is 2.27 bits per heavy atom. The fraction of sp³-hybridized carbons (Fsp3) is 0.318. The molecule has 0 saturated heterocycles. The lowest BCUT2D eigenvalue weighted by Crippen LogP contribution is -2.46. The number of carbonyl (C=O) groups is 3. The minimum absolute atomic E-state index is 0.0772. The highest BCUT2D eigenvalue weighted by Crippen LogP contribution is 2.22. The van der Waals surface area contributed by atoms with Crippen molar-refractivity contribution in [2.24, 2.45) is 5.92 Å². The van der Waals surface area contributed by atoms with Gasteiger partial charge in [-0.15, -0.1) is 0 Å². The van der Waals surface area contributed by atoms with Crippen LogP contribution < -0.4 is 15.4 Å². The standard InChI is InChI=1S/C22H26N2O6/c1-15(2)20(24-22(27)30-13-16-9-5-4-6-10-16)21(26)29-14-19(25)23-17-11-7-8-12-18(17)28-3/h4-12,15,20H,13-14H2,1-3H3,(H,23,25)(H,24,27)/t20-/m0/s1. The molecule has 0 radical (unpaired) electrons. The zero-order valence-electron chi connectivity index (χ0n) is 17.2. The molecule has 2 aromatic carbocycles. The van der Waals surface area contributed by atoms with Crippen LogP contribution >= 0.6 is 0 Å². The van der Waals surface area contributed by atoms with Crippen LogP contribution in [0.4, 0.5) is 10.5 Å². The van der Waals surface area contributed by atoms with Gasteiger partial charge in [-0.1, -0.05) is 56.3 Å². The smallest absolute Gasteiger partial charge is 0.408 e. The molecule has 2 amide bonds. The van der Waals surface area contributed by atoms with Gasteiger partial charge in [0.05, 0.1) is 12.8 Å². The van der Waals surface area contributed by atoms with Crippen LogP contribution in [0, 0.1) is 5.92 Å². The van der Waals surface area contributed by atoms with Crippen molar-refractivity contribution in [3.05, 3.63) is 60.2 Å². The van der Waals surface area contributed by atoms with Crippen LogP contribution in [0.5, 0.6) is 5.75 Å². The Bertz CT molecular complexity index is 854. The zero-order valence-corrected chi connectivity index (χ0v) is 17.2. The van der Waals surface area contributed by atoms with Crippen molar-refractivity contribution in [3.8, 4) is 5.75 Å². The fourth-order valence-corrected chi connectivity index (χ4v) is 2.55. The van der Waals surface area contributed by atoms with Crippen LogP contribution in [0.2, 0.25) is 0 Å². The molecule has 0 fully saturated rings. The molecule has 0 spiro atoms. The van der Waals surface area contributed by atoms with Gasteiger partial charge in [-0.2, -0.15) is 0 Å². The van der Waals surface area contributed by atoms with E-state index in [1.165, 1.54) is 7.11 Å². The summed E-state index contributed by atoms with van der Waals surface area (Å²) in [5.74, 6) is -1.03. The molecule has 0 aliphatic heterocycles. The Hall–Kier alpha value is -3.55. The molecule has 30 heavy (non-hydrogen) atoms. The molecule has 0 saturated carbocycles. The predicted molar refractivity (Wildman–Crippen MR) is 111 cm³/mol. The average Bonchev–Trinajstić information content (AvgIpc) is 2.75. The lowest BCUT2D eigenvalue weighted by Gasteiger charge is -2.20. The summed E-state index contributed by atoms with van der Waals surface area (Å²) in [4.78, 5) is 36.5. The number of methoxy groups -OCH3 is 1. The first-order chi connectivity index (χ1) is 14.4. The Balaban J connectivity index is 1.84. The van der Waals surface area contributed by atoms with Crippen molar-refractivity contribution in [1.29, 1.82) is 0 Å². The van der Waals surface area contributed by atoms with Crippen molar-refractivity contribution in [3.63, 3.8) is 0 Å². The number of amides is 2. The highest BCUT2D eigenvalue weighted by Gasteiger charge is 2.27. The minimum Gasteiger partial charge on any atom is -0.495 e. The molecule has 0 heterocycles. The van der Waals surface area contributed by atoms with Crippen molar-refractivity contribution >= 4 is 23.7 Å². The van der Waals surface area contributed by atoms with Crippen molar-refractivity contribution < 1.29 is 28.6 Å². The summed E-state index contributed by atoms with van der Waals surface area (Å²) in [5.41, 5.74) is 1.29. The van der Waals surface area contributed by atoms with Gasteiger partial charge in [0.25, 0.3) is 5.91 Å². The van der Waals surface area contributed by atoms with Gasteiger partial charge >= 0.3 is 12.1 Å². The number of alkyl carbamates (subject to hydrolysis) is 1. The summed E-state index contributed by atoms with van der Waals surface area (Å²) < 4.78 is 15.4. The summed E-state index contributed by atoms with van der Waals surface area (Å²) >= 11 is 0. The predicted octanol–water partition coefficient (Wildman–Crippen LogP) is 3.13. The van der Waals surface area contributed by atoms with E-state index in [1.807, 2.05) is 30.3 Å². The molecular weight excluding hydrogens is 388 g/mol. The Morgan fingerprint density at radius 1 is 0.933 bits per heavy atom. The zero-order chi connectivity index (χ0) is 21.9. The first-order valence-electron chi connectivity index (χ1n) is 9.47. The Labute approximate surface area is 175 Å². The summed E-state index contributed by atoms with van der Waals surface area (Å²) in [7, 11) is 1.49. The van der Waals surface area contributed by atoms with Crippen LogP contribution in [0.3, 0.4) is 0 Å². The van der Waals surface area contributed by atoms with E-state index < -0.39 is 30.6 Å². The second-order valence-electron chi connectivity index (χ2n) is 6.78. The molecule has 8 heteroatoms. The van der Waals surface area contributed by atoms with E-state index in [2.05, 4.69) is 10.6 Å². The molecule has 2 aromatic rings. The lowest BCUT2D eigenvalue weighted by atomic mass is 10.1. The number of nitrogens with one attached hydrogen (secondary N) is 2. The molecule has 0 bridgehead atoms. The minimum atomic E-state index is -0.952. The SMILES string of the molecule is COc1ccccc1NC(=O)COC(=O)[C@@H](NC(=O)OCc1ccccc1)C(C)C. The van der Waals surface area contributed by atoms with Gasteiger partial charge in [0.2, 0.25) is 0 Å². The number of rotatable bonds is 9. The van der Waals surface area contributed by atoms with Crippen molar-refractivity contribution in [2.45, 2.75) is 26.5 Å². The van der Waals surface area contributed by atoms with Crippen LogP contribution in [-0.4, -0.2) is 37.7 Å². The molecule has 1 atom stereocenters. The fourth-order valence-electron chi connectivity index (χ4n) is 2.55. The Kier molecular flexibility index (Phi) is 8.68. The van der Waals surface area contributed by atoms with Crippen LogP contribution in [0.15, 0.2) is 54.6 Å². The highest BCUT2D eigenvalue weighted by molar-refractivity contribution is 5.94. The third-order valence-corrected chi connectivity index (χ3v) is 4.13. The summed E-state index contributed by atoms with van der Waals surface area (Å²) in [5, 5.41) is 5.10. The van der Waals surface area contributed by atoms with E-state index in [9.17, 15) is 14.4 Å². The maximum absolute atomic E-state index is 12.4.